The summed E-state index contributed by atoms with van der Waals surface area (Å²) in [6.45, 7) is 0. The van der Waals surface area contributed by atoms with Crippen LogP contribution >= 0.6 is 11.6 Å². The molecule has 0 fully saturated rings. The highest BCUT2D eigenvalue weighted by Gasteiger charge is 2.33. The summed E-state index contributed by atoms with van der Waals surface area (Å²) in [6, 6.07) is 17.6. The molecule has 2 aromatic carbocycles. The summed E-state index contributed by atoms with van der Waals surface area (Å²) in [5, 5.41) is -0.662. The fourth-order valence-electron chi connectivity index (χ4n) is 2.54. The Balaban J connectivity index is 1.98. The molecule has 128 valence electrons. The summed E-state index contributed by atoms with van der Waals surface area (Å²) in [5.74, 6) is -0.0289. The third-order valence-corrected chi connectivity index (χ3v) is 6.17. The van der Waals surface area contributed by atoms with Crippen molar-refractivity contribution in [1.29, 1.82) is 0 Å². The normalized spacial score (nSPS) is 12.7. The maximum absolute atomic E-state index is 13.1. The highest BCUT2D eigenvalue weighted by Crippen LogP contribution is 2.33. The molecule has 0 N–H and O–H groups in total. The number of ketones is 1. The van der Waals surface area contributed by atoms with E-state index in [4.69, 9.17) is 16.0 Å². The van der Waals surface area contributed by atoms with E-state index in [0.717, 1.165) is 0 Å². The average molecular weight is 375 g/mol. The van der Waals surface area contributed by atoms with Crippen LogP contribution < -0.4 is 0 Å². The first-order valence-corrected chi connectivity index (χ1v) is 9.52. The Bertz CT molecular complexity index is 946. The van der Waals surface area contributed by atoms with Crippen LogP contribution in [0.5, 0.6) is 0 Å². The first-order chi connectivity index (χ1) is 12.0. The SMILES string of the molecule is O=C(CC(c1ccco1)S(=O)(=O)c1ccc(Cl)cc1)c1ccccc1. The standard InChI is InChI=1S/C19H15ClO4S/c20-15-8-10-16(11-9-15)25(22,23)19(18-7-4-12-24-18)13-17(21)14-5-2-1-3-6-14/h1-12,19H,13H2. The first-order valence-electron chi connectivity index (χ1n) is 7.59. The fraction of sp³-hybridized carbons (Fsp3) is 0.105. The minimum absolute atomic E-state index is 0.0964. The summed E-state index contributed by atoms with van der Waals surface area (Å²) in [6.07, 6.45) is 1.19. The van der Waals surface area contributed by atoms with Crippen LogP contribution in [0, 0.1) is 0 Å². The first kappa shape index (κ1) is 17.5. The number of carbonyl (C=O) groups is 1. The van der Waals surface area contributed by atoms with E-state index in [9.17, 15) is 13.2 Å². The Labute approximate surface area is 151 Å². The van der Waals surface area contributed by atoms with E-state index >= 15 is 0 Å². The van der Waals surface area contributed by atoms with Gasteiger partial charge in [-0.25, -0.2) is 8.42 Å². The molecule has 0 amide bonds. The van der Waals surface area contributed by atoms with E-state index < -0.39 is 15.1 Å². The molecule has 3 aromatic rings. The Morgan fingerprint density at radius 1 is 0.960 bits per heavy atom. The second-order valence-corrected chi connectivity index (χ2v) is 8.06. The molecule has 0 spiro atoms. The lowest BCUT2D eigenvalue weighted by Gasteiger charge is -2.15. The molecule has 1 heterocycles. The number of furan rings is 1. The molecule has 0 aliphatic heterocycles. The summed E-state index contributed by atoms with van der Waals surface area (Å²) in [7, 11) is -3.82. The molecule has 0 bridgehead atoms. The topological polar surface area (TPSA) is 64.3 Å². The van der Waals surface area contributed by atoms with E-state index in [1.807, 2.05) is 0 Å². The van der Waals surface area contributed by atoms with Gasteiger partial charge in [0.05, 0.1) is 11.2 Å². The molecule has 0 aliphatic rings. The quantitative estimate of drug-likeness (QED) is 0.585. The van der Waals surface area contributed by atoms with Gasteiger partial charge in [-0.15, -0.1) is 0 Å². The molecular weight excluding hydrogens is 360 g/mol. The Hall–Kier alpha value is -2.37. The maximum atomic E-state index is 13.1. The molecule has 0 saturated carbocycles. The zero-order valence-electron chi connectivity index (χ0n) is 13.1. The van der Waals surface area contributed by atoms with Crippen molar-refractivity contribution in [2.75, 3.05) is 0 Å². The highest BCUT2D eigenvalue weighted by molar-refractivity contribution is 7.91. The van der Waals surface area contributed by atoms with E-state index in [-0.39, 0.29) is 22.9 Å². The van der Waals surface area contributed by atoms with Crippen molar-refractivity contribution in [3.63, 3.8) is 0 Å². The second kappa shape index (κ2) is 7.25. The van der Waals surface area contributed by atoms with Crippen LogP contribution in [0.3, 0.4) is 0 Å². The van der Waals surface area contributed by atoms with Gasteiger partial charge in [-0.3, -0.25) is 4.79 Å². The third kappa shape index (κ3) is 3.83. The number of carbonyl (C=O) groups excluding carboxylic acids is 1. The van der Waals surface area contributed by atoms with Gasteiger partial charge >= 0.3 is 0 Å². The summed E-state index contributed by atoms with van der Waals surface area (Å²) in [4.78, 5) is 12.7. The van der Waals surface area contributed by atoms with E-state index in [1.165, 1.54) is 30.5 Å². The lowest BCUT2D eigenvalue weighted by atomic mass is 10.1. The van der Waals surface area contributed by atoms with Gasteiger partial charge in [0.2, 0.25) is 0 Å². The number of sulfone groups is 1. The molecule has 1 aromatic heterocycles. The van der Waals surface area contributed by atoms with Crippen molar-refractivity contribution in [3.05, 3.63) is 89.3 Å². The molecule has 4 nitrogen and oxygen atoms in total. The molecule has 1 unspecified atom stereocenters. The van der Waals surface area contributed by atoms with Gasteiger partial charge in [0.1, 0.15) is 11.0 Å². The lowest BCUT2D eigenvalue weighted by molar-refractivity contribution is 0.0978. The number of halogens is 1. The molecule has 6 heteroatoms. The number of Topliss-reactive ketones (excluding diaryl/α,β-unsaturated/α-hetero) is 1. The smallest absolute Gasteiger partial charge is 0.188 e. The van der Waals surface area contributed by atoms with Gasteiger partial charge in [0.15, 0.2) is 15.6 Å². The third-order valence-electron chi connectivity index (χ3n) is 3.84. The van der Waals surface area contributed by atoms with Crippen molar-refractivity contribution in [3.8, 4) is 0 Å². The minimum Gasteiger partial charge on any atom is -0.468 e. The van der Waals surface area contributed by atoms with Gasteiger partial charge in [-0.1, -0.05) is 41.9 Å². The van der Waals surface area contributed by atoms with Gasteiger partial charge in [0, 0.05) is 17.0 Å². The van der Waals surface area contributed by atoms with Crippen LogP contribution in [-0.4, -0.2) is 14.2 Å². The zero-order chi connectivity index (χ0) is 17.9. The van der Waals surface area contributed by atoms with Crippen molar-refractivity contribution >= 4 is 27.2 Å². The van der Waals surface area contributed by atoms with Crippen molar-refractivity contribution < 1.29 is 17.6 Å². The zero-order valence-corrected chi connectivity index (χ0v) is 14.7. The van der Waals surface area contributed by atoms with Crippen LogP contribution in [0.4, 0.5) is 0 Å². The summed E-state index contributed by atoms with van der Waals surface area (Å²) >= 11 is 5.84. The number of rotatable bonds is 6. The highest BCUT2D eigenvalue weighted by atomic mass is 35.5. The van der Waals surface area contributed by atoms with E-state index in [1.54, 1.807) is 42.5 Å². The van der Waals surface area contributed by atoms with Crippen LogP contribution in [0.1, 0.15) is 27.8 Å². The van der Waals surface area contributed by atoms with E-state index in [0.29, 0.717) is 10.6 Å². The molecule has 1 atom stereocenters. The predicted octanol–water partition coefficient (Wildman–Crippen LogP) is 4.72. The van der Waals surface area contributed by atoms with Crippen molar-refractivity contribution in [1.82, 2.24) is 0 Å². The summed E-state index contributed by atoms with van der Waals surface area (Å²) < 4.78 is 31.4. The van der Waals surface area contributed by atoms with Crippen LogP contribution in [-0.2, 0) is 9.84 Å². The Morgan fingerprint density at radius 3 is 2.24 bits per heavy atom. The molecule has 0 aliphatic carbocycles. The largest absolute Gasteiger partial charge is 0.468 e. The minimum atomic E-state index is -3.82. The summed E-state index contributed by atoms with van der Waals surface area (Å²) in [5.41, 5.74) is 0.463. The number of benzene rings is 2. The predicted molar refractivity (Wildman–Crippen MR) is 95.5 cm³/mol. The Kier molecular flexibility index (Phi) is 5.06. The van der Waals surface area contributed by atoms with Crippen molar-refractivity contribution in [2.24, 2.45) is 0 Å². The number of hydrogen-bond donors (Lipinski definition) is 0. The van der Waals surface area contributed by atoms with Crippen LogP contribution in [0.25, 0.3) is 0 Å². The van der Waals surface area contributed by atoms with Gasteiger partial charge in [0.25, 0.3) is 0 Å². The molecule has 0 radical (unpaired) electrons. The maximum Gasteiger partial charge on any atom is 0.188 e. The molecule has 25 heavy (non-hydrogen) atoms. The Morgan fingerprint density at radius 2 is 1.64 bits per heavy atom. The fourth-order valence-corrected chi connectivity index (χ4v) is 4.32. The lowest BCUT2D eigenvalue weighted by Crippen LogP contribution is -2.17. The van der Waals surface area contributed by atoms with Crippen molar-refractivity contribution in [2.45, 2.75) is 16.6 Å². The van der Waals surface area contributed by atoms with Crippen LogP contribution in [0.15, 0.2) is 82.3 Å². The monoisotopic (exact) mass is 374 g/mol. The van der Waals surface area contributed by atoms with Gasteiger partial charge < -0.3 is 4.42 Å². The molecular formula is C19H15ClO4S. The second-order valence-electron chi connectivity index (χ2n) is 5.50. The molecule has 0 saturated heterocycles. The van der Waals surface area contributed by atoms with Gasteiger partial charge in [-0.2, -0.15) is 0 Å². The number of hydrogen-bond acceptors (Lipinski definition) is 4. The average Bonchev–Trinajstić information content (AvgIpc) is 3.14. The van der Waals surface area contributed by atoms with Crippen LogP contribution in [0.2, 0.25) is 5.02 Å². The molecule has 3 rings (SSSR count). The van der Waals surface area contributed by atoms with E-state index in [2.05, 4.69) is 0 Å². The van der Waals surface area contributed by atoms with Gasteiger partial charge in [-0.05, 0) is 36.4 Å².